The second kappa shape index (κ2) is 10.1. The van der Waals surface area contributed by atoms with Crippen molar-refractivity contribution in [3.63, 3.8) is 0 Å². The number of likely N-dealkylation sites (tertiary alicyclic amines) is 1. The van der Waals surface area contributed by atoms with Crippen LogP contribution in [0.5, 0.6) is 0 Å². The van der Waals surface area contributed by atoms with Gasteiger partial charge >= 0.3 is 0 Å². The monoisotopic (exact) mass is 453 g/mol. The summed E-state index contributed by atoms with van der Waals surface area (Å²) in [5.74, 6) is 1.48. The van der Waals surface area contributed by atoms with E-state index in [1.807, 2.05) is 56.8 Å². The van der Waals surface area contributed by atoms with Crippen LogP contribution in [0.3, 0.4) is 0 Å². The first kappa shape index (κ1) is 22.1. The Balaban J connectivity index is 1.32. The maximum atomic E-state index is 4.84. The Hall–Kier alpha value is -3.71. The molecule has 0 atom stereocenters. The second-order valence-corrected chi connectivity index (χ2v) is 8.91. The predicted molar refractivity (Wildman–Crippen MR) is 141 cm³/mol. The molecular weight excluding hydrogens is 422 g/mol. The molecule has 1 aliphatic heterocycles. The molecule has 3 heterocycles. The van der Waals surface area contributed by atoms with Crippen molar-refractivity contribution < 1.29 is 0 Å². The van der Waals surface area contributed by atoms with E-state index in [4.69, 9.17) is 4.98 Å². The zero-order valence-electron chi connectivity index (χ0n) is 19.8. The Morgan fingerprint density at radius 3 is 2.47 bits per heavy atom. The lowest BCUT2D eigenvalue weighted by Gasteiger charge is -2.15. The van der Waals surface area contributed by atoms with Gasteiger partial charge in [-0.25, -0.2) is 15.0 Å². The molecule has 0 unspecified atom stereocenters. The summed E-state index contributed by atoms with van der Waals surface area (Å²) in [7, 11) is 4.06. The summed E-state index contributed by atoms with van der Waals surface area (Å²) in [6, 6.07) is 18.5. The van der Waals surface area contributed by atoms with Gasteiger partial charge in [-0.15, -0.1) is 0 Å². The lowest BCUT2D eigenvalue weighted by molar-refractivity contribution is 0.352. The highest BCUT2D eigenvalue weighted by molar-refractivity contribution is 5.93. The summed E-state index contributed by atoms with van der Waals surface area (Å²) in [5, 5.41) is 7.77. The molecule has 0 spiro atoms. The zero-order valence-corrected chi connectivity index (χ0v) is 19.8. The fraction of sp³-hybridized carbons (Fsp3) is 0.296. The Labute approximate surface area is 200 Å². The van der Waals surface area contributed by atoms with Crippen LogP contribution in [0.15, 0.2) is 67.0 Å². The molecule has 2 N–H and O–H groups in total. The van der Waals surface area contributed by atoms with Crippen molar-refractivity contribution in [2.45, 2.75) is 12.8 Å². The van der Waals surface area contributed by atoms with Gasteiger partial charge in [-0.3, -0.25) is 0 Å². The average molecular weight is 454 g/mol. The van der Waals surface area contributed by atoms with E-state index in [0.717, 1.165) is 52.3 Å². The Bertz CT molecular complexity index is 1230. The average Bonchev–Trinajstić information content (AvgIpc) is 3.38. The van der Waals surface area contributed by atoms with Crippen molar-refractivity contribution in [2.75, 3.05) is 55.8 Å². The molecule has 4 aromatic rings. The van der Waals surface area contributed by atoms with Crippen molar-refractivity contribution in [1.29, 1.82) is 0 Å². The SMILES string of the molecule is CN(C)c1ccc(Nc2ncc3cccc(-c4ccc(NCCN5CCCC5)nc4)c3n2)cc1. The first-order valence-corrected chi connectivity index (χ1v) is 11.9. The van der Waals surface area contributed by atoms with Crippen LogP contribution < -0.4 is 15.5 Å². The fourth-order valence-electron chi connectivity index (χ4n) is 4.33. The molecule has 0 aliphatic carbocycles. The van der Waals surface area contributed by atoms with E-state index in [1.165, 1.54) is 25.9 Å². The summed E-state index contributed by atoms with van der Waals surface area (Å²) >= 11 is 0. The number of hydrogen-bond donors (Lipinski definition) is 2. The predicted octanol–water partition coefficient (Wildman–Crippen LogP) is 5.01. The molecule has 1 saturated heterocycles. The molecule has 0 saturated carbocycles. The van der Waals surface area contributed by atoms with Gasteiger partial charge < -0.3 is 20.4 Å². The van der Waals surface area contributed by atoms with Gasteiger partial charge in [0.05, 0.1) is 5.52 Å². The van der Waals surface area contributed by atoms with E-state index in [1.54, 1.807) is 0 Å². The molecule has 2 aromatic carbocycles. The topological polar surface area (TPSA) is 69.2 Å². The van der Waals surface area contributed by atoms with E-state index in [-0.39, 0.29) is 0 Å². The number of para-hydroxylation sites is 1. The number of pyridine rings is 1. The van der Waals surface area contributed by atoms with Crippen LogP contribution in [0.2, 0.25) is 0 Å². The Morgan fingerprint density at radius 1 is 0.912 bits per heavy atom. The van der Waals surface area contributed by atoms with Crippen LogP contribution >= 0.6 is 0 Å². The standard InChI is InChI=1S/C27H31N7/c1-33(2)23-11-9-22(10-12-23)31-27-30-19-21-6-5-7-24(26(21)32-27)20-8-13-25(29-18-20)28-14-17-34-15-3-4-16-34/h5-13,18-19H,3-4,14-17H2,1-2H3,(H,28,29)(H,30,31,32). The van der Waals surface area contributed by atoms with Crippen LogP contribution in [0.25, 0.3) is 22.0 Å². The van der Waals surface area contributed by atoms with Crippen molar-refractivity contribution >= 4 is 34.0 Å². The van der Waals surface area contributed by atoms with Gasteiger partial charge in [-0.1, -0.05) is 18.2 Å². The highest BCUT2D eigenvalue weighted by Crippen LogP contribution is 2.28. The Morgan fingerprint density at radius 2 is 1.74 bits per heavy atom. The van der Waals surface area contributed by atoms with Crippen LogP contribution in [0.1, 0.15) is 12.8 Å². The number of nitrogens with zero attached hydrogens (tertiary/aromatic N) is 5. The van der Waals surface area contributed by atoms with Gasteiger partial charge in [0.15, 0.2) is 0 Å². The minimum atomic E-state index is 0.575. The molecule has 1 fully saturated rings. The van der Waals surface area contributed by atoms with Gasteiger partial charge in [0.25, 0.3) is 0 Å². The van der Waals surface area contributed by atoms with Crippen molar-refractivity contribution in [1.82, 2.24) is 19.9 Å². The summed E-state index contributed by atoms with van der Waals surface area (Å²) < 4.78 is 0. The minimum absolute atomic E-state index is 0.575. The van der Waals surface area contributed by atoms with Crippen LogP contribution in [-0.2, 0) is 0 Å². The molecule has 7 heteroatoms. The molecule has 174 valence electrons. The molecule has 34 heavy (non-hydrogen) atoms. The van der Waals surface area contributed by atoms with Crippen LogP contribution in [-0.4, -0.2) is 60.1 Å². The molecule has 7 nitrogen and oxygen atoms in total. The number of rotatable bonds is 8. The highest BCUT2D eigenvalue weighted by atomic mass is 15.2. The zero-order chi connectivity index (χ0) is 23.3. The van der Waals surface area contributed by atoms with E-state index < -0.39 is 0 Å². The smallest absolute Gasteiger partial charge is 0.227 e. The normalized spacial score (nSPS) is 13.8. The third-order valence-electron chi connectivity index (χ3n) is 6.26. The van der Waals surface area contributed by atoms with Crippen molar-refractivity contribution in [3.8, 4) is 11.1 Å². The molecular formula is C27H31N7. The molecule has 5 rings (SSSR count). The fourth-order valence-corrected chi connectivity index (χ4v) is 4.33. The van der Waals surface area contributed by atoms with E-state index in [0.29, 0.717) is 5.95 Å². The molecule has 2 aromatic heterocycles. The summed E-state index contributed by atoms with van der Waals surface area (Å²) in [6.45, 7) is 4.42. The number of anilines is 4. The minimum Gasteiger partial charge on any atom is -0.378 e. The number of hydrogen-bond acceptors (Lipinski definition) is 7. The van der Waals surface area contributed by atoms with Gasteiger partial charge in [-0.2, -0.15) is 0 Å². The molecule has 0 radical (unpaired) electrons. The van der Waals surface area contributed by atoms with Gasteiger partial charge in [-0.05, 0) is 62.3 Å². The van der Waals surface area contributed by atoms with E-state index in [9.17, 15) is 0 Å². The first-order chi connectivity index (χ1) is 16.7. The Kier molecular flexibility index (Phi) is 6.53. The quantitative estimate of drug-likeness (QED) is 0.389. The lowest BCUT2D eigenvalue weighted by atomic mass is 10.0. The summed E-state index contributed by atoms with van der Waals surface area (Å²) in [6.07, 6.45) is 6.43. The van der Waals surface area contributed by atoms with Crippen molar-refractivity contribution in [2.24, 2.45) is 0 Å². The highest BCUT2D eigenvalue weighted by Gasteiger charge is 2.11. The summed E-state index contributed by atoms with van der Waals surface area (Å²) in [4.78, 5) is 18.6. The third-order valence-corrected chi connectivity index (χ3v) is 6.26. The maximum absolute atomic E-state index is 4.84. The largest absolute Gasteiger partial charge is 0.378 e. The number of benzene rings is 2. The number of aromatic nitrogens is 3. The van der Waals surface area contributed by atoms with Crippen molar-refractivity contribution in [3.05, 3.63) is 67.0 Å². The van der Waals surface area contributed by atoms with E-state index in [2.05, 4.69) is 54.7 Å². The van der Waals surface area contributed by atoms with Gasteiger partial charge in [0.1, 0.15) is 5.82 Å². The van der Waals surface area contributed by atoms with Crippen LogP contribution in [0.4, 0.5) is 23.1 Å². The third kappa shape index (κ3) is 5.10. The van der Waals surface area contributed by atoms with Crippen LogP contribution in [0, 0.1) is 0 Å². The van der Waals surface area contributed by atoms with E-state index >= 15 is 0 Å². The molecule has 0 bridgehead atoms. The number of fused-ring (bicyclic) bond motifs is 1. The summed E-state index contributed by atoms with van der Waals surface area (Å²) in [5.41, 5.74) is 5.08. The first-order valence-electron chi connectivity index (χ1n) is 11.9. The van der Waals surface area contributed by atoms with Gasteiger partial charge in [0, 0.05) is 67.5 Å². The van der Waals surface area contributed by atoms with Gasteiger partial charge in [0.2, 0.25) is 5.95 Å². The second-order valence-electron chi connectivity index (χ2n) is 8.91. The molecule has 1 aliphatic rings. The lowest BCUT2D eigenvalue weighted by Crippen LogP contribution is -2.26. The maximum Gasteiger partial charge on any atom is 0.227 e. The number of nitrogens with one attached hydrogen (secondary N) is 2. The molecule has 0 amide bonds.